The molecule has 0 radical (unpaired) electrons. The van der Waals surface area contributed by atoms with Crippen molar-refractivity contribution in [2.24, 2.45) is 7.05 Å². The monoisotopic (exact) mass is 432 g/mol. The maximum absolute atomic E-state index is 13.2. The molecule has 1 atom stereocenters. The lowest BCUT2D eigenvalue weighted by Crippen LogP contribution is -2.39. The van der Waals surface area contributed by atoms with Crippen LogP contribution in [-0.2, 0) is 21.9 Å². The number of ether oxygens (including phenoxy) is 1. The van der Waals surface area contributed by atoms with E-state index in [-0.39, 0.29) is 23.8 Å². The summed E-state index contributed by atoms with van der Waals surface area (Å²) >= 11 is 0. The quantitative estimate of drug-likeness (QED) is 0.537. The number of nitrogens with zero attached hydrogens (tertiary/aromatic N) is 2. The van der Waals surface area contributed by atoms with Crippen molar-refractivity contribution in [3.8, 4) is 5.75 Å². The van der Waals surface area contributed by atoms with Crippen LogP contribution in [0.15, 0.2) is 71.9 Å². The molecule has 0 saturated carbocycles. The molecule has 1 heterocycles. The number of nitrogens with one attached hydrogen (secondary N) is 2. The number of benzene rings is 2. The van der Waals surface area contributed by atoms with Crippen molar-refractivity contribution in [2.45, 2.75) is 10.9 Å². The molecule has 30 heavy (non-hydrogen) atoms. The van der Waals surface area contributed by atoms with Gasteiger partial charge in [0.05, 0.1) is 12.2 Å². The molecule has 1 unspecified atom stereocenters. The van der Waals surface area contributed by atoms with Crippen LogP contribution < -0.4 is 14.8 Å². The first-order valence-corrected chi connectivity index (χ1v) is 10.5. The number of carbonyl (C=O) groups is 1. The molecule has 0 aliphatic heterocycles. The van der Waals surface area contributed by atoms with Gasteiger partial charge >= 0.3 is 0 Å². The molecule has 1 aromatic heterocycles. The molecule has 8 nitrogen and oxygen atoms in total. The Kier molecular flexibility index (Phi) is 6.80. The Morgan fingerprint density at radius 3 is 2.63 bits per heavy atom. The van der Waals surface area contributed by atoms with Crippen molar-refractivity contribution in [1.82, 2.24) is 19.8 Å². The second-order valence-electron chi connectivity index (χ2n) is 6.48. The third kappa shape index (κ3) is 5.88. The molecule has 3 rings (SSSR count). The Morgan fingerprint density at radius 1 is 1.20 bits per heavy atom. The molecule has 0 aliphatic carbocycles. The Balaban J connectivity index is 1.66. The summed E-state index contributed by atoms with van der Waals surface area (Å²) in [7, 11) is -2.18. The van der Waals surface area contributed by atoms with Crippen LogP contribution in [0, 0.1) is 5.82 Å². The van der Waals surface area contributed by atoms with Gasteiger partial charge in [0.1, 0.15) is 16.5 Å². The average molecular weight is 432 g/mol. The maximum Gasteiger partial charge on any atom is 0.258 e. The normalized spacial score (nSPS) is 12.3. The lowest BCUT2D eigenvalue weighted by Gasteiger charge is -2.20. The molecule has 2 aromatic carbocycles. The van der Waals surface area contributed by atoms with E-state index in [0.717, 1.165) is 0 Å². The van der Waals surface area contributed by atoms with Gasteiger partial charge in [-0.15, -0.1) is 0 Å². The molecule has 1 amide bonds. The summed E-state index contributed by atoms with van der Waals surface area (Å²) in [6, 6.07) is 13.7. The first-order valence-electron chi connectivity index (χ1n) is 9.04. The van der Waals surface area contributed by atoms with Crippen molar-refractivity contribution >= 4 is 15.9 Å². The van der Waals surface area contributed by atoms with Crippen molar-refractivity contribution < 1.29 is 22.3 Å². The van der Waals surface area contributed by atoms with E-state index in [0.29, 0.717) is 5.56 Å². The van der Waals surface area contributed by atoms with Crippen LogP contribution in [0.2, 0.25) is 0 Å². The first-order chi connectivity index (χ1) is 14.3. The maximum atomic E-state index is 13.2. The minimum Gasteiger partial charge on any atom is -0.484 e. The second-order valence-corrected chi connectivity index (χ2v) is 8.25. The topological polar surface area (TPSA) is 102 Å². The van der Waals surface area contributed by atoms with Crippen LogP contribution in [0.5, 0.6) is 5.75 Å². The van der Waals surface area contributed by atoms with E-state index >= 15 is 0 Å². The van der Waals surface area contributed by atoms with Gasteiger partial charge in [-0.1, -0.05) is 36.4 Å². The van der Waals surface area contributed by atoms with E-state index in [2.05, 4.69) is 15.1 Å². The molecule has 0 fully saturated rings. The predicted octanol–water partition coefficient (Wildman–Crippen LogP) is 1.77. The third-order valence-electron chi connectivity index (χ3n) is 4.17. The van der Waals surface area contributed by atoms with Gasteiger partial charge in [-0.05, 0) is 17.7 Å². The number of hydrogen-bond acceptors (Lipinski definition) is 5. The highest BCUT2D eigenvalue weighted by Crippen LogP contribution is 2.15. The summed E-state index contributed by atoms with van der Waals surface area (Å²) in [6.07, 6.45) is 2.62. The number of hydrogen-bond donors (Lipinski definition) is 2. The molecular formula is C20H21FN4O4S. The second kappa shape index (κ2) is 9.51. The summed E-state index contributed by atoms with van der Waals surface area (Å²) in [4.78, 5) is 12.4. The van der Waals surface area contributed by atoms with E-state index in [1.165, 1.54) is 41.3 Å². The van der Waals surface area contributed by atoms with Crippen LogP contribution in [0.4, 0.5) is 4.39 Å². The fourth-order valence-corrected chi connectivity index (χ4v) is 3.72. The van der Waals surface area contributed by atoms with E-state index in [1.54, 1.807) is 31.3 Å². The molecular weight excluding hydrogens is 411 g/mol. The van der Waals surface area contributed by atoms with Crippen LogP contribution in [-0.4, -0.2) is 37.3 Å². The standard InChI is InChI=1S/C20H21FN4O4S/c1-25-13-18(11-22-25)30(27,28)23-12-19(15-6-3-2-4-7-15)24-20(26)14-29-17-9-5-8-16(21)10-17/h2-11,13,19,23H,12,14H2,1H3,(H,24,26). The SMILES string of the molecule is Cn1cc(S(=O)(=O)NCC(NC(=O)COc2cccc(F)c2)c2ccccc2)cn1. The molecule has 0 aliphatic rings. The van der Waals surface area contributed by atoms with Crippen LogP contribution in [0.3, 0.4) is 0 Å². The van der Waals surface area contributed by atoms with Crippen LogP contribution >= 0.6 is 0 Å². The van der Waals surface area contributed by atoms with Gasteiger partial charge in [0.25, 0.3) is 5.91 Å². The zero-order valence-electron chi connectivity index (χ0n) is 16.2. The summed E-state index contributed by atoms with van der Waals surface area (Å²) < 4.78 is 47.3. The van der Waals surface area contributed by atoms with E-state index in [9.17, 15) is 17.6 Å². The summed E-state index contributed by atoms with van der Waals surface area (Å²) in [6.45, 7) is -0.422. The van der Waals surface area contributed by atoms with E-state index in [1.807, 2.05) is 6.07 Å². The van der Waals surface area contributed by atoms with Gasteiger partial charge in [-0.3, -0.25) is 9.48 Å². The van der Waals surface area contributed by atoms with Crippen LogP contribution in [0.25, 0.3) is 0 Å². The van der Waals surface area contributed by atoms with E-state index < -0.39 is 27.8 Å². The molecule has 0 saturated heterocycles. The number of aryl methyl sites for hydroxylation is 1. The van der Waals surface area contributed by atoms with Crippen molar-refractivity contribution in [2.75, 3.05) is 13.2 Å². The summed E-state index contributed by atoms with van der Waals surface area (Å²) in [5, 5.41) is 6.60. The van der Waals surface area contributed by atoms with Crippen LogP contribution in [0.1, 0.15) is 11.6 Å². The minimum atomic E-state index is -3.80. The Morgan fingerprint density at radius 2 is 1.97 bits per heavy atom. The molecule has 3 aromatic rings. The molecule has 0 spiro atoms. The minimum absolute atomic E-state index is 0.0255. The number of amides is 1. The number of aromatic nitrogens is 2. The highest BCUT2D eigenvalue weighted by Gasteiger charge is 2.21. The molecule has 158 valence electrons. The fraction of sp³-hybridized carbons (Fsp3) is 0.200. The zero-order valence-corrected chi connectivity index (χ0v) is 17.0. The first kappa shape index (κ1) is 21.5. The van der Waals surface area contributed by atoms with E-state index in [4.69, 9.17) is 4.74 Å². The number of rotatable bonds is 9. The molecule has 2 N–H and O–H groups in total. The highest BCUT2D eigenvalue weighted by molar-refractivity contribution is 7.89. The summed E-state index contributed by atoms with van der Waals surface area (Å²) in [5.74, 6) is -0.729. The van der Waals surface area contributed by atoms with Gasteiger partial charge in [0.15, 0.2) is 6.61 Å². The average Bonchev–Trinajstić information content (AvgIpc) is 3.18. The number of sulfonamides is 1. The van der Waals surface area contributed by atoms with Crippen molar-refractivity contribution in [3.63, 3.8) is 0 Å². The van der Waals surface area contributed by atoms with Gasteiger partial charge < -0.3 is 10.1 Å². The third-order valence-corrected chi connectivity index (χ3v) is 5.55. The van der Waals surface area contributed by atoms with Crippen molar-refractivity contribution in [1.29, 1.82) is 0 Å². The molecule has 10 heteroatoms. The molecule has 0 bridgehead atoms. The lowest BCUT2D eigenvalue weighted by atomic mass is 10.1. The van der Waals surface area contributed by atoms with Gasteiger partial charge in [0.2, 0.25) is 10.0 Å². The fourth-order valence-electron chi connectivity index (χ4n) is 2.69. The summed E-state index contributed by atoms with van der Waals surface area (Å²) in [5.41, 5.74) is 0.713. The predicted molar refractivity (Wildman–Crippen MR) is 108 cm³/mol. The largest absolute Gasteiger partial charge is 0.484 e. The Bertz CT molecular complexity index is 1100. The zero-order chi connectivity index (χ0) is 21.6. The number of carbonyl (C=O) groups excluding carboxylic acids is 1. The number of halogens is 1. The highest BCUT2D eigenvalue weighted by atomic mass is 32.2. The van der Waals surface area contributed by atoms with Crippen molar-refractivity contribution in [3.05, 3.63) is 78.4 Å². The van der Waals surface area contributed by atoms with Gasteiger partial charge in [0, 0.05) is 25.9 Å². The Labute approximate surface area is 173 Å². The van der Waals surface area contributed by atoms with Gasteiger partial charge in [-0.2, -0.15) is 5.10 Å². The Hall–Kier alpha value is -3.24. The lowest BCUT2D eigenvalue weighted by molar-refractivity contribution is -0.123. The smallest absolute Gasteiger partial charge is 0.258 e. The van der Waals surface area contributed by atoms with Gasteiger partial charge in [-0.25, -0.2) is 17.5 Å².